The lowest BCUT2D eigenvalue weighted by molar-refractivity contribution is 0.101. The number of anilines is 1. The number of aromatic nitrogens is 1. The molecule has 27 heavy (non-hydrogen) atoms. The van der Waals surface area contributed by atoms with Crippen molar-refractivity contribution in [1.29, 1.82) is 0 Å². The molecular formula is C21H30Cl2N2O2. The maximum Gasteiger partial charge on any atom is 0.222 e. The summed E-state index contributed by atoms with van der Waals surface area (Å²) in [7, 11) is 0. The van der Waals surface area contributed by atoms with Gasteiger partial charge in [-0.15, -0.1) is 0 Å². The number of hydrogen-bond acceptors (Lipinski definition) is 4. The van der Waals surface area contributed by atoms with Crippen LogP contribution >= 0.6 is 23.2 Å². The van der Waals surface area contributed by atoms with E-state index in [4.69, 9.17) is 33.5 Å². The SMILES string of the molecule is CC(=O)c1ccc(Cl)c(Cl)c1.CCCC(CCC(C)CC)c1cc(N)on1. The van der Waals surface area contributed by atoms with Gasteiger partial charge in [-0.3, -0.25) is 4.79 Å². The maximum atomic E-state index is 10.8. The fourth-order valence-electron chi connectivity index (χ4n) is 2.69. The predicted molar refractivity (Wildman–Crippen MR) is 114 cm³/mol. The molecule has 0 saturated heterocycles. The normalized spacial score (nSPS) is 12.8. The number of nitrogens with two attached hydrogens (primary N) is 1. The number of nitrogens with zero attached hydrogens (tertiary/aromatic N) is 1. The van der Waals surface area contributed by atoms with Crippen LogP contribution in [0.15, 0.2) is 28.8 Å². The molecule has 0 aliphatic heterocycles. The monoisotopic (exact) mass is 412 g/mol. The van der Waals surface area contributed by atoms with Crippen LogP contribution in [0.2, 0.25) is 10.0 Å². The largest absolute Gasteiger partial charge is 0.368 e. The molecule has 0 aliphatic carbocycles. The predicted octanol–water partition coefficient (Wildman–Crippen LogP) is 7.16. The second-order valence-corrected chi connectivity index (χ2v) is 7.73. The molecule has 0 amide bonds. The number of benzene rings is 1. The van der Waals surface area contributed by atoms with Crippen molar-refractivity contribution in [2.24, 2.45) is 5.92 Å². The van der Waals surface area contributed by atoms with E-state index in [0.29, 0.717) is 27.4 Å². The first-order chi connectivity index (χ1) is 12.8. The van der Waals surface area contributed by atoms with Gasteiger partial charge in [0.2, 0.25) is 5.88 Å². The highest BCUT2D eigenvalue weighted by molar-refractivity contribution is 6.42. The van der Waals surface area contributed by atoms with Crippen molar-refractivity contribution in [3.8, 4) is 0 Å². The summed E-state index contributed by atoms with van der Waals surface area (Å²) in [5.74, 6) is 1.73. The van der Waals surface area contributed by atoms with Crippen LogP contribution in [0.1, 0.15) is 81.8 Å². The summed E-state index contributed by atoms with van der Waals surface area (Å²) in [5, 5.41) is 4.92. The molecule has 0 saturated carbocycles. The van der Waals surface area contributed by atoms with Gasteiger partial charge in [0.1, 0.15) is 0 Å². The molecule has 0 radical (unpaired) electrons. The number of nitrogen functional groups attached to an aromatic ring is 1. The summed E-state index contributed by atoms with van der Waals surface area (Å²) in [4.78, 5) is 10.8. The van der Waals surface area contributed by atoms with E-state index in [2.05, 4.69) is 25.9 Å². The molecule has 2 atom stereocenters. The number of rotatable bonds is 8. The molecule has 0 aliphatic rings. The van der Waals surface area contributed by atoms with Crippen molar-refractivity contribution in [2.45, 2.75) is 65.7 Å². The Bertz CT molecular complexity index is 716. The third-order valence-electron chi connectivity index (χ3n) is 4.63. The van der Waals surface area contributed by atoms with Crippen molar-refractivity contribution in [1.82, 2.24) is 5.16 Å². The molecule has 0 fully saturated rings. The Balaban J connectivity index is 0.000000289. The summed E-state index contributed by atoms with van der Waals surface area (Å²) in [5.41, 5.74) is 7.18. The Morgan fingerprint density at radius 2 is 1.85 bits per heavy atom. The maximum absolute atomic E-state index is 10.8. The third-order valence-corrected chi connectivity index (χ3v) is 5.37. The molecule has 1 heterocycles. The molecule has 4 nitrogen and oxygen atoms in total. The fourth-order valence-corrected chi connectivity index (χ4v) is 2.99. The number of carbonyl (C=O) groups excluding carboxylic acids is 1. The molecule has 6 heteroatoms. The van der Waals surface area contributed by atoms with Gasteiger partial charge in [0.05, 0.1) is 15.7 Å². The van der Waals surface area contributed by atoms with E-state index in [1.807, 2.05) is 6.07 Å². The molecule has 1 aromatic carbocycles. The average Bonchev–Trinajstić information content (AvgIpc) is 3.07. The Hall–Kier alpha value is -1.52. The summed E-state index contributed by atoms with van der Waals surface area (Å²) < 4.78 is 4.95. The fraction of sp³-hybridized carbons (Fsp3) is 0.524. The minimum absolute atomic E-state index is 0.0106. The van der Waals surface area contributed by atoms with E-state index in [9.17, 15) is 4.79 Å². The van der Waals surface area contributed by atoms with Gasteiger partial charge in [0, 0.05) is 17.5 Å². The first kappa shape index (κ1) is 23.5. The lowest BCUT2D eigenvalue weighted by atomic mass is 9.90. The lowest BCUT2D eigenvalue weighted by Crippen LogP contribution is -2.02. The van der Waals surface area contributed by atoms with Gasteiger partial charge in [-0.1, -0.05) is 68.4 Å². The van der Waals surface area contributed by atoms with Crippen LogP contribution in [0.25, 0.3) is 0 Å². The molecule has 0 bridgehead atoms. The van der Waals surface area contributed by atoms with Crippen molar-refractivity contribution < 1.29 is 9.32 Å². The Morgan fingerprint density at radius 3 is 2.33 bits per heavy atom. The van der Waals surface area contributed by atoms with E-state index in [1.54, 1.807) is 18.2 Å². The van der Waals surface area contributed by atoms with Gasteiger partial charge in [0.15, 0.2) is 5.78 Å². The van der Waals surface area contributed by atoms with Gasteiger partial charge in [-0.2, -0.15) is 0 Å². The number of Topliss-reactive ketones (excluding diaryl/α,β-unsaturated/α-hetero) is 1. The molecule has 2 unspecified atom stereocenters. The Kier molecular flexibility index (Phi) is 10.5. The average molecular weight is 413 g/mol. The number of hydrogen-bond donors (Lipinski definition) is 1. The van der Waals surface area contributed by atoms with Gasteiger partial charge in [-0.05, 0) is 43.9 Å². The standard InChI is InChI=1S/C13H24N2O.C8H6Cl2O/c1-4-6-11(8-7-10(3)5-2)12-9-13(14)16-15-12;1-5(11)6-2-3-7(9)8(10)4-6/h9-11H,4-8,14H2,1-3H3;2-4H,1H3. The van der Waals surface area contributed by atoms with Gasteiger partial charge < -0.3 is 10.3 Å². The van der Waals surface area contributed by atoms with Crippen LogP contribution in [0, 0.1) is 5.92 Å². The minimum atomic E-state index is -0.0106. The van der Waals surface area contributed by atoms with Crippen molar-refractivity contribution in [3.63, 3.8) is 0 Å². The molecule has 1 aromatic heterocycles. The molecule has 2 N–H and O–H groups in total. The zero-order valence-corrected chi connectivity index (χ0v) is 18.1. The van der Waals surface area contributed by atoms with E-state index in [-0.39, 0.29) is 5.78 Å². The first-order valence-electron chi connectivity index (χ1n) is 9.46. The van der Waals surface area contributed by atoms with Crippen LogP contribution in [0.3, 0.4) is 0 Å². The second kappa shape index (κ2) is 12.0. The van der Waals surface area contributed by atoms with Crippen LogP contribution in [-0.2, 0) is 0 Å². The molecular weight excluding hydrogens is 383 g/mol. The number of carbonyl (C=O) groups is 1. The van der Waals surface area contributed by atoms with Crippen LogP contribution in [0.4, 0.5) is 5.88 Å². The lowest BCUT2D eigenvalue weighted by Gasteiger charge is -2.15. The summed E-state index contributed by atoms with van der Waals surface area (Å²) in [6.45, 7) is 8.24. The molecule has 2 aromatic rings. The smallest absolute Gasteiger partial charge is 0.222 e. The third kappa shape index (κ3) is 8.35. The van der Waals surface area contributed by atoms with Crippen molar-refractivity contribution >= 4 is 34.9 Å². The van der Waals surface area contributed by atoms with Gasteiger partial charge >= 0.3 is 0 Å². The van der Waals surface area contributed by atoms with E-state index < -0.39 is 0 Å². The highest BCUT2D eigenvalue weighted by atomic mass is 35.5. The molecule has 2 rings (SSSR count). The first-order valence-corrected chi connectivity index (χ1v) is 10.2. The second-order valence-electron chi connectivity index (χ2n) is 6.92. The topological polar surface area (TPSA) is 69.1 Å². The van der Waals surface area contributed by atoms with Gasteiger partial charge in [-0.25, -0.2) is 0 Å². The summed E-state index contributed by atoms with van der Waals surface area (Å²) in [6.07, 6.45) is 6.04. The number of halogens is 2. The van der Waals surface area contributed by atoms with Crippen molar-refractivity contribution in [3.05, 3.63) is 45.6 Å². The van der Waals surface area contributed by atoms with E-state index in [0.717, 1.165) is 11.6 Å². The Labute approximate surface area is 172 Å². The summed E-state index contributed by atoms with van der Waals surface area (Å²) in [6, 6.07) is 6.69. The van der Waals surface area contributed by atoms with E-state index in [1.165, 1.54) is 39.0 Å². The minimum Gasteiger partial charge on any atom is -0.368 e. The van der Waals surface area contributed by atoms with Crippen LogP contribution in [0.5, 0.6) is 0 Å². The van der Waals surface area contributed by atoms with Crippen LogP contribution in [-0.4, -0.2) is 10.9 Å². The molecule has 150 valence electrons. The highest BCUT2D eigenvalue weighted by Crippen LogP contribution is 2.28. The number of ketones is 1. The van der Waals surface area contributed by atoms with Crippen LogP contribution < -0.4 is 5.73 Å². The zero-order chi connectivity index (χ0) is 20.4. The zero-order valence-electron chi connectivity index (χ0n) is 16.6. The van der Waals surface area contributed by atoms with Gasteiger partial charge in [0.25, 0.3) is 0 Å². The highest BCUT2D eigenvalue weighted by Gasteiger charge is 2.16. The van der Waals surface area contributed by atoms with Crippen molar-refractivity contribution in [2.75, 3.05) is 5.73 Å². The molecule has 0 spiro atoms. The summed E-state index contributed by atoms with van der Waals surface area (Å²) >= 11 is 11.3. The van der Waals surface area contributed by atoms with E-state index >= 15 is 0 Å². The quantitative estimate of drug-likeness (QED) is 0.466. The Morgan fingerprint density at radius 1 is 1.15 bits per heavy atom.